The highest BCUT2D eigenvalue weighted by atomic mass is 32.2. The lowest BCUT2D eigenvalue weighted by Crippen LogP contribution is -2.49. The van der Waals surface area contributed by atoms with Crippen LogP contribution in [-0.4, -0.2) is 316 Å². The number of halogens is 1. The number of thioether (sulfide) groups is 1. The molecule has 7 unspecified atom stereocenters. The summed E-state index contributed by atoms with van der Waals surface area (Å²) in [5.41, 5.74) is 6.85. The minimum Gasteiger partial charge on any atom is -0.444 e. The quantitative estimate of drug-likeness (QED) is 0.0198. The van der Waals surface area contributed by atoms with Crippen LogP contribution in [0.15, 0.2) is 91.4 Å². The average molecular weight is 1740 g/mol. The van der Waals surface area contributed by atoms with E-state index in [9.17, 15) is 73.1 Å². The van der Waals surface area contributed by atoms with Crippen LogP contribution in [0.4, 0.5) is 77.0 Å². The number of fused-ring (bicyclic) bond motifs is 1. The summed E-state index contributed by atoms with van der Waals surface area (Å²) in [5.74, 6) is 0.322. The van der Waals surface area contributed by atoms with Crippen molar-refractivity contribution < 1.29 is 95.4 Å². The number of nitro benzene ring substituents is 2. The molecule has 20 N–H and O–H groups in total. The molecule has 2 heterocycles. The van der Waals surface area contributed by atoms with Gasteiger partial charge in [-0.05, 0) is 63.4 Å². The number of nitrogens with one attached hydrogen (secondary N) is 18. The highest BCUT2D eigenvalue weighted by molar-refractivity contribution is 7.98. The van der Waals surface area contributed by atoms with Gasteiger partial charge in [-0.25, -0.2) is 52.7 Å². The minimum atomic E-state index is -0.691. The van der Waals surface area contributed by atoms with Crippen LogP contribution in [0.1, 0.15) is 20.8 Å². The second-order valence-corrected chi connectivity index (χ2v) is 26.5. The van der Waals surface area contributed by atoms with Gasteiger partial charge in [0.15, 0.2) is 0 Å². The van der Waals surface area contributed by atoms with Crippen LogP contribution in [0, 0.1) is 36.2 Å². The number of amides is 15. The minimum absolute atomic E-state index is 0.0105. The third-order valence-electron chi connectivity index (χ3n) is 14.8. The number of ether oxygens (including phenoxy) is 8. The number of urea groups is 7. The van der Waals surface area contributed by atoms with Crippen molar-refractivity contribution in [2.75, 3.05) is 206 Å². The third-order valence-corrected chi connectivity index (χ3v) is 15.6. The molecule has 682 valence electrons. The molecule has 7 atom stereocenters. The number of nitrogens with zero attached hydrogens (tertiary/aromatic N) is 6. The van der Waals surface area contributed by atoms with Crippen LogP contribution in [-0.2, 0) is 44.4 Å². The highest BCUT2D eigenvalue weighted by Gasteiger charge is 2.23. The van der Waals surface area contributed by atoms with Crippen LogP contribution >= 0.6 is 11.8 Å². The summed E-state index contributed by atoms with van der Waals surface area (Å²) in [4.78, 5) is 129. The van der Waals surface area contributed by atoms with E-state index in [1.165, 1.54) is 87.1 Å². The Morgan fingerprint density at radius 3 is 1.25 bits per heavy atom. The Balaban J connectivity index is 0. The maximum atomic E-state index is 13.0. The van der Waals surface area contributed by atoms with Crippen LogP contribution < -0.4 is 101 Å². The number of imidazole rings is 1. The van der Waals surface area contributed by atoms with Crippen molar-refractivity contribution in [3.63, 3.8) is 0 Å². The normalized spacial score (nSPS) is 11.9. The zero-order valence-corrected chi connectivity index (χ0v) is 72.4. The number of nitrogens with two attached hydrogens (primary N) is 1. The second-order valence-electron chi connectivity index (χ2n) is 25.6. The van der Waals surface area contributed by atoms with Crippen LogP contribution in [0.3, 0.4) is 0 Å². The number of anilines is 3. The van der Waals surface area contributed by atoms with Gasteiger partial charge in [-0.3, -0.25) is 30.3 Å². The van der Waals surface area contributed by atoms with E-state index >= 15 is 0 Å². The van der Waals surface area contributed by atoms with Crippen molar-refractivity contribution >= 4 is 105 Å². The number of carbonyl (C=O) groups excluding carboxylic acids is 8. The molecule has 0 saturated heterocycles. The van der Waals surface area contributed by atoms with Crippen LogP contribution in [0.25, 0.3) is 11.0 Å². The van der Waals surface area contributed by atoms with Crippen molar-refractivity contribution in [2.24, 2.45) is 5.73 Å². The lowest BCUT2D eigenvalue weighted by atomic mass is 10.2. The number of carbonyl (C=O) groups is 8. The largest absolute Gasteiger partial charge is 0.444 e. The second kappa shape index (κ2) is 66.9. The Morgan fingerprint density at radius 1 is 0.463 bits per heavy atom. The average Bonchev–Trinajstić information content (AvgIpc) is 1.73. The maximum Gasteiger partial charge on any atom is 0.407 e. The maximum absolute atomic E-state index is 13.0. The molecule has 0 radical (unpaired) electrons. The van der Waals surface area contributed by atoms with E-state index in [4.69, 9.17) is 43.6 Å². The summed E-state index contributed by atoms with van der Waals surface area (Å²) < 4.78 is 54.9. The predicted molar refractivity (Wildman–Crippen MR) is 457 cm³/mol. The first-order chi connectivity index (χ1) is 57.6. The molecule has 2 aromatic heterocycles. The smallest absolute Gasteiger partial charge is 0.407 e. The van der Waals surface area contributed by atoms with Gasteiger partial charge in [-0.2, -0.15) is 11.8 Å². The molecule has 49 heteroatoms. The number of nitro groups is 3. The Labute approximate surface area is 706 Å². The SMILES string of the molecule is CNC(=O)NC(CN)COC.CNC(=O)NC(CNC(=O)OC(C)(C)C)COC.CNC(=O)NC(CNc1ccc(F)cc1[N+](=O)[O-])COC.CNC(=O)NC(CNc1ccccc1[N+](=O)[O-])COC.CNC(=O)NC(CNc1ncccc1[N+](=O)[O-])COC.CNC(=O)NC(COC)CSC.CNC(=O)NC(COC)Cn1cnc2ccccc21. The van der Waals surface area contributed by atoms with E-state index in [-0.39, 0.29) is 134 Å². The Kier molecular flexibility index (Phi) is 61.4. The number of benzene rings is 3. The van der Waals surface area contributed by atoms with E-state index in [1.54, 1.807) is 99.5 Å². The molecular weight excluding hydrogens is 1620 g/mol. The van der Waals surface area contributed by atoms with Gasteiger partial charge in [-0.1, -0.05) is 24.3 Å². The summed E-state index contributed by atoms with van der Waals surface area (Å²) in [6.45, 7) is 9.81. The number of aromatic nitrogens is 3. The number of rotatable bonds is 40. The lowest BCUT2D eigenvalue weighted by Gasteiger charge is -2.22. The van der Waals surface area contributed by atoms with Crippen molar-refractivity contribution in [1.29, 1.82) is 0 Å². The monoisotopic (exact) mass is 1740 g/mol. The molecular formula is C72H124FN25O22S. The fourth-order valence-electron chi connectivity index (χ4n) is 9.33. The molecule has 5 rings (SSSR count). The van der Waals surface area contributed by atoms with Crippen LogP contribution in [0.2, 0.25) is 0 Å². The first-order valence-corrected chi connectivity index (χ1v) is 38.4. The van der Waals surface area contributed by atoms with Crippen molar-refractivity contribution in [2.45, 2.75) is 75.2 Å². The number of para-hydroxylation sites is 4. The van der Waals surface area contributed by atoms with E-state index in [0.29, 0.717) is 58.4 Å². The topological polar surface area (TPSA) is 613 Å². The molecule has 47 nitrogen and oxygen atoms in total. The molecule has 0 aliphatic heterocycles. The van der Waals surface area contributed by atoms with Gasteiger partial charge in [0.05, 0.1) is 127 Å². The van der Waals surface area contributed by atoms with Crippen molar-refractivity contribution in [3.8, 4) is 0 Å². The molecule has 0 fully saturated rings. The van der Waals surface area contributed by atoms with E-state index < -0.39 is 44.4 Å². The highest BCUT2D eigenvalue weighted by Crippen LogP contribution is 2.26. The molecule has 5 aromatic rings. The number of alkyl carbamates (subject to hydrolysis) is 1. The van der Waals surface area contributed by atoms with Gasteiger partial charge in [0.2, 0.25) is 5.82 Å². The van der Waals surface area contributed by atoms with E-state index in [2.05, 4.69) is 106 Å². The fourth-order valence-corrected chi connectivity index (χ4v) is 9.91. The van der Waals surface area contributed by atoms with Crippen molar-refractivity contribution in [1.82, 2.24) is 94.3 Å². The first-order valence-electron chi connectivity index (χ1n) is 37.0. The van der Waals surface area contributed by atoms with Crippen molar-refractivity contribution in [3.05, 3.63) is 128 Å². The van der Waals surface area contributed by atoms with Gasteiger partial charge >= 0.3 is 54.0 Å². The molecule has 0 bridgehead atoms. The standard InChI is InChI=1S/C13H18N4O2.C12H17FN4O4.C12H18N4O4.C11H17N5O4.C11H23N3O4.C7H16N2O2S.C6H15N3O2/c1-14-13(18)16-10(8-19-2)7-17-9-15-11-5-3-4-6-12(11)17;1-14-12(18)16-9(7-21-2)6-15-10-4-3-8(13)5-11(10)17(19)20;1-13-12(17)15-9(8-20-2)7-14-10-5-3-4-6-11(10)16(18)19;1-12-11(17)15-8(7-20-2)6-14-10-9(16(18)19)4-3-5-13-10;1-11(2,3)18-10(16)13-6-8(7-17-5)14-9(15)12-4;1-8-7(10)9-6(4-11-2)5-12-3;1-8-6(10)9-5(3-7)4-11-2/h3-6,9-10H,7-8H2,1-2H3,(H2,14,16,18);3-5,9,15H,6-7H2,1-2H3,(H2,14,16,18);3-6,9,14H,7-8H2,1-2H3,(H2,13,15,17);3-5,8H,6-7H2,1-2H3,(H,13,14)(H2,12,15,17);8H,6-7H2,1-5H3,(H,13,16)(H2,12,14,15);6H,4-5H2,1-3H3,(H2,8,9,10);5H,3-4,7H2,1-2H3,(H2,8,9,10). The summed E-state index contributed by atoms with van der Waals surface area (Å²) >= 11 is 1.68. The lowest BCUT2D eigenvalue weighted by molar-refractivity contribution is -0.384. The molecule has 0 aliphatic carbocycles. The van der Waals surface area contributed by atoms with E-state index in [0.717, 1.165) is 28.9 Å². The number of hydrogen-bond acceptors (Lipinski definition) is 29. The number of hydrogen-bond donors (Lipinski definition) is 19. The van der Waals surface area contributed by atoms with E-state index in [1.807, 2.05) is 35.1 Å². The molecule has 15 amide bonds. The number of methoxy groups -OCH3 is 7. The van der Waals surface area contributed by atoms with Gasteiger partial charge in [0.1, 0.15) is 22.8 Å². The third kappa shape index (κ3) is 52.5. The summed E-state index contributed by atoms with van der Waals surface area (Å²) in [6.07, 6.45) is 4.70. The molecule has 0 saturated carbocycles. The predicted octanol–water partition coefficient (Wildman–Crippen LogP) is 3.00. The van der Waals surface area contributed by atoms with Gasteiger partial charge in [-0.15, -0.1) is 0 Å². The van der Waals surface area contributed by atoms with Gasteiger partial charge in [0, 0.05) is 162 Å². The fraction of sp³-hybridized carbons (Fsp3) is 0.556. The zero-order valence-electron chi connectivity index (χ0n) is 71.6. The molecule has 3 aromatic carbocycles. The molecule has 121 heavy (non-hydrogen) atoms. The zero-order chi connectivity index (χ0) is 91.7. The number of pyridine rings is 1. The Bertz CT molecular complexity index is 3720. The van der Waals surface area contributed by atoms with Crippen LogP contribution in [0.5, 0.6) is 0 Å². The Morgan fingerprint density at radius 2 is 0.826 bits per heavy atom. The Hall–Kier alpha value is -12.0. The molecule has 0 aliphatic rings. The molecule has 0 spiro atoms. The van der Waals surface area contributed by atoms with Gasteiger partial charge < -0.3 is 144 Å². The summed E-state index contributed by atoms with van der Waals surface area (Å²) in [6, 6.07) is 16.7. The summed E-state index contributed by atoms with van der Waals surface area (Å²) in [7, 11) is 21.5. The first kappa shape index (κ1) is 111. The summed E-state index contributed by atoms with van der Waals surface area (Å²) in [5, 5.41) is 79.7. The van der Waals surface area contributed by atoms with Gasteiger partial charge in [0.25, 0.3) is 11.4 Å².